The first kappa shape index (κ1) is 16.0. The topological polar surface area (TPSA) is 74.5 Å². The van der Waals surface area contributed by atoms with Gasteiger partial charge in [0, 0.05) is 0 Å². The van der Waals surface area contributed by atoms with E-state index in [0.717, 1.165) is 6.07 Å². The predicted octanol–water partition coefficient (Wildman–Crippen LogP) is 4.97. The van der Waals surface area contributed by atoms with Gasteiger partial charge in [-0.05, 0) is 44.0 Å². The number of ether oxygens (including phenoxy) is 2. The fourth-order valence-electron chi connectivity index (χ4n) is 1.48. The number of nitrogens with zero attached hydrogens (tertiary/aromatic N) is 2. The highest BCUT2D eigenvalue weighted by molar-refractivity contribution is 9.11. The van der Waals surface area contributed by atoms with Crippen LogP contribution in [0.4, 0.5) is 5.69 Å². The lowest BCUT2D eigenvalue weighted by Gasteiger charge is -2.10. The second-order valence-electron chi connectivity index (χ2n) is 3.76. The van der Waals surface area contributed by atoms with E-state index in [0.29, 0.717) is 20.4 Å². The fraction of sp³-hybridized carbons (Fsp3) is 0.0833. The van der Waals surface area contributed by atoms with E-state index in [9.17, 15) is 10.1 Å². The van der Waals surface area contributed by atoms with E-state index in [1.54, 1.807) is 12.1 Å². The van der Waals surface area contributed by atoms with Gasteiger partial charge in [-0.1, -0.05) is 11.6 Å². The molecular weight excluding hydrogens is 431 g/mol. The summed E-state index contributed by atoms with van der Waals surface area (Å²) in [4.78, 5) is 14.1. The van der Waals surface area contributed by atoms with Gasteiger partial charge in [-0.25, -0.2) is 4.98 Å². The van der Waals surface area contributed by atoms with Gasteiger partial charge in [0.2, 0.25) is 5.88 Å². The Morgan fingerprint density at radius 2 is 1.81 bits per heavy atom. The summed E-state index contributed by atoms with van der Waals surface area (Å²) in [6, 6.07) is 5.68. The second-order valence-corrected chi connectivity index (χ2v) is 5.86. The molecule has 1 aromatic carbocycles. The molecule has 0 aliphatic heterocycles. The maximum Gasteiger partial charge on any atom is 0.277 e. The van der Waals surface area contributed by atoms with Gasteiger partial charge in [0.05, 0.1) is 33.1 Å². The lowest BCUT2D eigenvalue weighted by Crippen LogP contribution is -1.94. The van der Waals surface area contributed by atoms with E-state index >= 15 is 0 Å². The lowest BCUT2D eigenvalue weighted by molar-refractivity contribution is -0.385. The molecule has 0 radical (unpaired) electrons. The second kappa shape index (κ2) is 6.59. The van der Waals surface area contributed by atoms with Crippen LogP contribution in [0.25, 0.3) is 0 Å². The van der Waals surface area contributed by atoms with Crippen molar-refractivity contribution in [2.45, 2.75) is 0 Å². The SMILES string of the molecule is COc1cc(Br)c(Oc2cc([N+](=O)[O-])cc(Cl)n2)cc1Br. The lowest BCUT2D eigenvalue weighted by atomic mass is 10.3. The molecule has 6 nitrogen and oxygen atoms in total. The smallest absolute Gasteiger partial charge is 0.277 e. The third-order valence-corrected chi connectivity index (χ3v) is 3.82. The average molecular weight is 438 g/mol. The first-order chi connectivity index (χ1) is 9.90. The van der Waals surface area contributed by atoms with E-state index in [1.165, 1.54) is 13.2 Å². The summed E-state index contributed by atoms with van der Waals surface area (Å²) < 4.78 is 11.9. The highest BCUT2D eigenvalue weighted by atomic mass is 79.9. The monoisotopic (exact) mass is 436 g/mol. The first-order valence-corrected chi connectivity index (χ1v) is 7.40. The van der Waals surface area contributed by atoms with Crippen molar-refractivity contribution in [2.75, 3.05) is 7.11 Å². The predicted molar refractivity (Wildman–Crippen MR) is 84.4 cm³/mol. The molecule has 0 amide bonds. The molecule has 1 heterocycles. The van der Waals surface area contributed by atoms with Crippen molar-refractivity contribution in [1.82, 2.24) is 4.98 Å². The minimum Gasteiger partial charge on any atom is -0.496 e. The third-order valence-electron chi connectivity index (χ3n) is 2.39. The average Bonchev–Trinajstić information content (AvgIpc) is 2.41. The van der Waals surface area contributed by atoms with Gasteiger partial charge >= 0.3 is 0 Å². The molecule has 0 N–H and O–H groups in total. The van der Waals surface area contributed by atoms with Crippen LogP contribution in [0.3, 0.4) is 0 Å². The zero-order valence-electron chi connectivity index (χ0n) is 10.5. The molecule has 9 heteroatoms. The van der Waals surface area contributed by atoms with Crippen LogP contribution in [-0.4, -0.2) is 17.0 Å². The summed E-state index contributed by atoms with van der Waals surface area (Å²) in [5.74, 6) is 1.04. The van der Waals surface area contributed by atoms with Crippen LogP contribution >= 0.6 is 43.5 Å². The van der Waals surface area contributed by atoms with Crippen LogP contribution in [0.5, 0.6) is 17.4 Å². The molecule has 0 atom stereocenters. The number of methoxy groups -OCH3 is 1. The van der Waals surface area contributed by atoms with Gasteiger partial charge in [0.25, 0.3) is 5.69 Å². The Balaban J connectivity index is 2.38. The molecule has 0 saturated heterocycles. The third kappa shape index (κ3) is 3.84. The Bertz CT molecular complexity index is 712. The molecule has 0 unspecified atom stereocenters. The van der Waals surface area contributed by atoms with E-state index < -0.39 is 4.92 Å². The Hall–Kier alpha value is -1.38. The number of aromatic nitrogens is 1. The Labute approximate surface area is 141 Å². The summed E-state index contributed by atoms with van der Waals surface area (Å²) in [6.45, 7) is 0. The van der Waals surface area contributed by atoms with Gasteiger partial charge in [-0.3, -0.25) is 10.1 Å². The molecule has 1 aromatic heterocycles. The zero-order chi connectivity index (χ0) is 15.6. The van der Waals surface area contributed by atoms with Gasteiger partial charge in [0.15, 0.2) is 0 Å². The van der Waals surface area contributed by atoms with E-state index in [1.807, 2.05) is 0 Å². The van der Waals surface area contributed by atoms with Crippen molar-refractivity contribution in [3.8, 4) is 17.4 Å². The molecular formula is C12H7Br2ClN2O4. The van der Waals surface area contributed by atoms with Crippen molar-refractivity contribution < 1.29 is 14.4 Å². The molecule has 2 rings (SSSR count). The van der Waals surface area contributed by atoms with Gasteiger partial charge < -0.3 is 9.47 Å². The molecule has 110 valence electrons. The zero-order valence-corrected chi connectivity index (χ0v) is 14.4. The van der Waals surface area contributed by atoms with Crippen LogP contribution < -0.4 is 9.47 Å². The molecule has 2 aromatic rings. The number of benzene rings is 1. The summed E-state index contributed by atoms with van der Waals surface area (Å²) in [6.07, 6.45) is 0. The standard InChI is InChI=1S/C12H7Br2ClN2O4/c1-20-9-4-8(14)10(5-7(9)13)21-12-3-6(17(18)19)2-11(15)16-12/h2-5H,1H3. The molecule has 0 aliphatic rings. The maximum absolute atomic E-state index is 10.8. The van der Waals surface area contributed by atoms with E-state index in [-0.39, 0.29) is 16.7 Å². The molecule has 0 aliphatic carbocycles. The van der Waals surface area contributed by atoms with Crippen LogP contribution in [-0.2, 0) is 0 Å². The van der Waals surface area contributed by atoms with Crippen molar-refractivity contribution in [3.63, 3.8) is 0 Å². The maximum atomic E-state index is 10.8. The van der Waals surface area contributed by atoms with Gasteiger partial charge in [0.1, 0.15) is 16.7 Å². The van der Waals surface area contributed by atoms with Crippen LogP contribution in [0, 0.1) is 10.1 Å². The highest BCUT2D eigenvalue weighted by Crippen LogP contribution is 2.38. The molecule has 0 saturated carbocycles. The minimum atomic E-state index is -0.570. The molecule has 0 bridgehead atoms. The van der Waals surface area contributed by atoms with Crippen LogP contribution in [0.1, 0.15) is 0 Å². The van der Waals surface area contributed by atoms with E-state index in [2.05, 4.69) is 36.8 Å². The molecule has 0 fully saturated rings. The summed E-state index contributed by atoms with van der Waals surface area (Å²) in [7, 11) is 1.54. The molecule has 21 heavy (non-hydrogen) atoms. The van der Waals surface area contributed by atoms with Crippen molar-refractivity contribution >= 4 is 49.1 Å². The highest BCUT2D eigenvalue weighted by Gasteiger charge is 2.14. The van der Waals surface area contributed by atoms with Crippen molar-refractivity contribution in [3.05, 3.63) is 48.5 Å². The normalized spacial score (nSPS) is 10.3. The molecule has 0 spiro atoms. The van der Waals surface area contributed by atoms with Crippen LogP contribution in [0.15, 0.2) is 33.2 Å². The minimum absolute atomic E-state index is 0.0203. The number of pyridine rings is 1. The summed E-state index contributed by atoms with van der Waals surface area (Å²) in [5.41, 5.74) is -0.200. The fourth-order valence-corrected chi connectivity index (χ4v) is 2.56. The van der Waals surface area contributed by atoms with Crippen molar-refractivity contribution in [2.24, 2.45) is 0 Å². The summed E-state index contributed by atoms with van der Waals surface area (Å²) in [5, 5.41) is 10.8. The quantitative estimate of drug-likeness (QED) is 0.383. The number of hydrogen-bond donors (Lipinski definition) is 0. The number of rotatable bonds is 4. The first-order valence-electron chi connectivity index (χ1n) is 5.43. The van der Waals surface area contributed by atoms with Crippen LogP contribution in [0.2, 0.25) is 5.15 Å². The van der Waals surface area contributed by atoms with Crippen molar-refractivity contribution in [1.29, 1.82) is 0 Å². The Morgan fingerprint density at radius 3 is 2.43 bits per heavy atom. The number of hydrogen-bond acceptors (Lipinski definition) is 5. The largest absolute Gasteiger partial charge is 0.496 e. The van der Waals surface area contributed by atoms with E-state index in [4.69, 9.17) is 21.1 Å². The van der Waals surface area contributed by atoms with Gasteiger partial charge in [-0.2, -0.15) is 0 Å². The Kier molecular flexibility index (Phi) is 5.02. The Morgan fingerprint density at radius 1 is 1.19 bits per heavy atom. The van der Waals surface area contributed by atoms with Gasteiger partial charge in [-0.15, -0.1) is 0 Å². The number of halogens is 3. The number of nitro groups is 1. The summed E-state index contributed by atoms with van der Waals surface area (Å²) >= 11 is 12.4.